The molecule has 3 aromatic carbocycles. The zero-order valence-electron chi connectivity index (χ0n) is 16.9. The lowest BCUT2D eigenvalue weighted by Crippen LogP contribution is -2.13. The number of ether oxygens (including phenoxy) is 3. The first-order valence-corrected chi connectivity index (χ1v) is 9.44. The highest BCUT2D eigenvalue weighted by Gasteiger charge is 2.21. The van der Waals surface area contributed by atoms with Crippen LogP contribution in [0.2, 0.25) is 0 Å². The Kier molecular flexibility index (Phi) is 7.27. The van der Waals surface area contributed by atoms with Gasteiger partial charge in [-0.25, -0.2) is 9.59 Å². The van der Waals surface area contributed by atoms with Crippen molar-refractivity contribution in [1.82, 2.24) is 0 Å². The Morgan fingerprint density at radius 2 is 1.30 bits per heavy atom. The van der Waals surface area contributed by atoms with Gasteiger partial charge in [-0.15, -0.1) is 0 Å². The van der Waals surface area contributed by atoms with E-state index in [1.807, 2.05) is 18.2 Å². The van der Waals surface area contributed by atoms with Crippen molar-refractivity contribution in [2.45, 2.75) is 0 Å². The molecule has 0 heterocycles. The molecule has 168 valence electrons. The van der Waals surface area contributed by atoms with Gasteiger partial charge in [0.05, 0.1) is 27.0 Å². The summed E-state index contributed by atoms with van der Waals surface area (Å²) in [6, 6.07) is 16.9. The molecule has 0 saturated heterocycles. The second kappa shape index (κ2) is 10.5. The molecular formula is C22H16N2O9. The Hall–Kier alpha value is -4.80. The van der Waals surface area contributed by atoms with E-state index in [4.69, 9.17) is 14.2 Å². The number of hydrogen-bond donors (Lipinski definition) is 0. The number of carbonyl (C=O) groups is 2. The maximum absolute atomic E-state index is 12.3. The van der Waals surface area contributed by atoms with Crippen LogP contribution in [0.4, 0.5) is 11.4 Å². The Bertz CT molecular complexity index is 1150. The molecule has 11 nitrogen and oxygen atoms in total. The number of benzene rings is 3. The largest absolute Gasteiger partial charge is 0.490 e. The maximum atomic E-state index is 12.3. The normalized spacial score (nSPS) is 10.2. The van der Waals surface area contributed by atoms with Crippen LogP contribution in [0.25, 0.3) is 0 Å². The SMILES string of the molecule is O=C(OCCOc1ccccc1)c1ccc(OC(=O)c2cc([N+](=O)[O-])cc([N+](=O)[O-])c2)cc1. The van der Waals surface area contributed by atoms with Gasteiger partial charge >= 0.3 is 11.9 Å². The third-order valence-corrected chi connectivity index (χ3v) is 4.19. The highest BCUT2D eigenvalue weighted by atomic mass is 16.6. The Morgan fingerprint density at radius 3 is 1.88 bits per heavy atom. The van der Waals surface area contributed by atoms with Gasteiger partial charge in [-0.2, -0.15) is 0 Å². The molecule has 0 saturated carbocycles. The minimum absolute atomic E-state index is 0.0238. The molecular weight excluding hydrogens is 436 g/mol. The van der Waals surface area contributed by atoms with Gasteiger partial charge in [0.15, 0.2) is 0 Å². The van der Waals surface area contributed by atoms with E-state index >= 15 is 0 Å². The van der Waals surface area contributed by atoms with Crippen LogP contribution in [0.1, 0.15) is 20.7 Å². The average Bonchev–Trinajstić information content (AvgIpc) is 2.82. The molecule has 3 rings (SSSR count). The first-order chi connectivity index (χ1) is 15.8. The number of nitrogens with zero attached hydrogens (tertiary/aromatic N) is 2. The lowest BCUT2D eigenvalue weighted by Gasteiger charge is -2.08. The number of rotatable bonds is 9. The zero-order chi connectivity index (χ0) is 23.8. The van der Waals surface area contributed by atoms with Crippen molar-refractivity contribution < 1.29 is 33.6 Å². The lowest BCUT2D eigenvalue weighted by atomic mass is 10.1. The third kappa shape index (κ3) is 6.34. The minimum Gasteiger partial charge on any atom is -0.490 e. The molecule has 0 radical (unpaired) electrons. The summed E-state index contributed by atoms with van der Waals surface area (Å²) in [7, 11) is 0. The van der Waals surface area contributed by atoms with Crippen molar-refractivity contribution >= 4 is 23.3 Å². The monoisotopic (exact) mass is 452 g/mol. The highest BCUT2D eigenvalue weighted by Crippen LogP contribution is 2.24. The number of non-ortho nitro benzene ring substituents is 2. The molecule has 3 aromatic rings. The predicted molar refractivity (Wildman–Crippen MR) is 113 cm³/mol. The van der Waals surface area contributed by atoms with E-state index in [0.29, 0.717) is 5.75 Å². The van der Waals surface area contributed by atoms with Crippen LogP contribution in [0, 0.1) is 20.2 Å². The average molecular weight is 452 g/mol. The molecule has 0 bridgehead atoms. The molecule has 11 heteroatoms. The van der Waals surface area contributed by atoms with Gasteiger partial charge in [-0.3, -0.25) is 20.2 Å². The fourth-order valence-electron chi connectivity index (χ4n) is 2.64. The molecule has 0 fully saturated rings. The van der Waals surface area contributed by atoms with Crippen LogP contribution in [-0.2, 0) is 4.74 Å². The molecule has 0 N–H and O–H groups in total. The predicted octanol–water partition coefficient (Wildman–Crippen LogP) is 3.96. The number of esters is 2. The summed E-state index contributed by atoms with van der Waals surface area (Å²) in [6.45, 7) is 0.191. The van der Waals surface area contributed by atoms with E-state index < -0.39 is 33.2 Å². The summed E-state index contributed by atoms with van der Waals surface area (Å²) in [4.78, 5) is 44.6. The van der Waals surface area contributed by atoms with E-state index in [1.165, 1.54) is 24.3 Å². The van der Waals surface area contributed by atoms with E-state index in [1.54, 1.807) is 12.1 Å². The molecule has 33 heavy (non-hydrogen) atoms. The highest BCUT2D eigenvalue weighted by molar-refractivity contribution is 5.93. The Morgan fingerprint density at radius 1 is 0.697 bits per heavy atom. The Balaban J connectivity index is 1.57. The van der Waals surface area contributed by atoms with Crippen LogP contribution in [-0.4, -0.2) is 35.0 Å². The summed E-state index contributed by atoms with van der Waals surface area (Å²) >= 11 is 0. The van der Waals surface area contributed by atoms with Gasteiger partial charge in [0.25, 0.3) is 11.4 Å². The van der Waals surface area contributed by atoms with E-state index in [9.17, 15) is 29.8 Å². The molecule has 0 aliphatic rings. The van der Waals surface area contributed by atoms with Crippen molar-refractivity contribution in [2.24, 2.45) is 0 Å². The van der Waals surface area contributed by atoms with Crippen LogP contribution in [0.5, 0.6) is 11.5 Å². The van der Waals surface area contributed by atoms with Gasteiger partial charge in [-0.1, -0.05) is 18.2 Å². The topological polar surface area (TPSA) is 148 Å². The first kappa shape index (κ1) is 22.9. The van der Waals surface area contributed by atoms with Crippen molar-refractivity contribution in [1.29, 1.82) is 0 Å². The number of para-hydroxylation sites is 1. The third-order valence-electron chi connectivity index (χ3n) is 4.19. The Labute approximate surface area is 186 Å². The molecule has 0 spiro atoms. The summed E-state index contributed by atoms with van der Waals surface area (Å²) in [5.41, 5.74) is -1.41. The molecule has 0 amide bonds. The van der Waals surface area contributed by atoms with Gasteiger partial charge in [0.1, 0.15) is 24.7 Å². The van der Waals surface area contributed by atoms with E-state index in [2.05, 4.69) is 0 Å². The van der Waals surface area contributed by atoms with Crippen molar-refractivity contribution in [3.05, 3.63) is 104 Å². The summed E-state index contributed by atoms with van der Waals surface area (Å²) in [5, 5.41) is 21.9. The summed E-state index contributed by atoms with van der Waals surface area (Å²) in [6.07, 6.45) is 0. The van der Waals surface area contributed by atoms with Gasteiger partial charge in [0.2, 0.25) is 0 Å². The van der Waals surface area contributed by atoms with Crippen LogP contribution >= 0.6 is 0 Å². The lowest BCUT2D eigenvalue weighted by molar-refractivity contribution is -0.394. The maximum Gasteiger partial charge on any atom is 0.344 e. The zero-order valence-corrected chi connectivity index (χ0v) is 16.9. The quantitative estimate of drug-likeness (QED) is 0.155. The second-order valence-corrected chi connectivity index (χ2v) is 6.46. The van der Waals surface area contributed by atoms with E-state index in [0.717, 1.165) is 18.2 Å². The van der Waals surface area contributed by atoms with Crippen molar-refractivity contribution in [3.63, 3.8) is 0 Å². The molecule has 0 aromatic heterocycles. The standard InChI is InChI=1S/C22H16N2O9/c25-21(32-11-10-31-19-4-2-1-3-5-19)15-6-8-20(9-7-15)33-22(26)16-12-17(23(27)28)14-18(13-16)24(29)30/h1-9,12-14H,10-11H2. The fourth-order valence-corrected chi connectivity index (χ4v) is 2.64. The number of nitro benzene ring substituents is 2. The minimum atomic E-state index is -1.03. The summed E-state index contributed by atoms with van der Waals surface area (Å²) < 4.78 is 15.6. The molecule has 0 aliphatic carbocycles. The van der Waals surface area contributed by atoms with Gasteiger partial charge in [0, 0.05) is 12.1 Å². The first-order valence-electron chi connectivity index (χ1n) is 9.44. The van der Waals surface area contributed by atoms with Crippen LogP contribution in [0.15, 0.2) is 72.8 Å². The number of hydrogen-bond acceptors (Lipinski definition) is 9. The van der Waals surface area contributed by atoms with Crippen molar-refractivity contribution in [2.75, 3.05) is 13.2 Å². The van der Waals surface area contributed by atoms with Gasteiger partial charge in [-0.05, 0) is 36.4 Å². The second-order valence-electron chi connectivity index (χ2n) is 6.46. The molecule has 0 atom stereocenters. The van der Waals surface area contributed by atoms with Gasteiger partial charge < -0.3 is 14.2 Å². The fraction of sp³-hybridized carbons (Fsp3) is 0.0909. The van der Waals surface area contributed by atoms with Crippen LogP contribution < -0.4 is 9.47 Å². The molecule has 0 aliphatic heterocycles. The summed E-state index contributed by atoms with van der Waals surface area (Å²) in [5.74, 6) is -0.971. The van der Waals surface area contributed by atoms with Crippen molar-refractivity contribution in [3.8, 4) is 11.5 Å². The smallest absolute Gasteiger partial charge is 0.344 e. The molecule has 0 unspecified atom stereocenters. The van der Waals surface area contributed by atoms with Crippen LogP contribution in [0.3, 0.4) is 0 Å². The van der Waals surface area contributed by atoms with E-state index in [-0.39, 0.29) is 30.1 Å². The number of carbonyl (C=O) groups excluding carboxylic acids is 2. The number of nitro groups is 2.